The van der Waals surface area contributed by atoms with Gasteiger partial charge in [0, 0.05) is 16.8 Å². The van der Waals surface area contributed by atoms with Gasteiger partial charge in [0.05, 0.1) is 10.1 Å². The molecule has 1 heterocycles. The van der Waals surface area contributed by atoms with E-state index in [0.29, 0.717) is 22.3 Å². The molecule has 1 unspecified atom stereocenters. The van der Waals surface area contributed by atoms with Gasteiger partial charge in [0.25, 0.3) is 4.74 Å². The van der Waals surface area contributed by atoms with Crippen molar-refractivity contribution in [2.45, 2.75) is 0 Å². The summed E-state index contributed by atoms with van der Waals surface area (Å²) in [5.74, 6) is 0.631. The van der Waals surface area contributed by atoms with Crippen LogP contribution in [0, 0.1) is 0 Å². The average molecular weight is 435 g/mol. The summed E-state index contributed by atoms with van der Waals surface area (Å²) in [4.78, 5) is 12.3. The summed E-state index contributed by atoms with van der Waals surface area (Å²) in [6, 6.07) is 21.2. The molecule has 0 aliphatic heterocycles. The first-order chi connectivity index (χ1) is 13.0. The maximum atomic E-state index is 12.7. The van der Waals surface area contributed by atoms with E-state index in [9.17, 15) is 9.36 Å². The number of benzene rings is 3. The number of rotatable bonds is 5. The van der Waals surface area contributed by atoms with E-state index in [1.54, 1.807) is 42.5 Å². The second kappa shape index (κ2) is 7.49. The molecule has 136 valence electrons. The third-order valence-corrected chi connectivity index (χ3v) is 7.24. The third kappa shape index (κ3) is 3.94. The van der Waals surface area contributed by atoms with Crippen LogP contribution in [0.3, 0.4) is 0 Å². The van der Waals surface area contributed by atoms with Gasteiger partial charge >= 0.3 is 6.95 Å². The smallest absolute Gasteiger partial charge is 0.405 e. The third-order valence-electron chi connectivity index (χ3n) is 3.78. The zero-order valence-corrected chi connectivity index (χ0v) is 17.0. The summed E-state index contributed by atoms with van der Waals surface area (Å²) in [7, 11) is 2.61. The van der Waals surface area contributed by atoms with Gasteiger partial charge in [0.1, 0.15) is 11.5 Å². The summed E-state index contributed by atoms with van der Waals surface area (Å²) in [6.45, 7) is -3.94. The number of hydrogen-bond donors (Lipinski definition) is 0. The second-order valence-electron chi connectivity index (χ2n) is 5.56. The van der Waals surface area contributed by atoms with E-state index in [2.05, 4.69) is 0 Å². The summed E-state index contributed by atoms with van der Waals surface area (Å²) in [5, 5.41) is 0.622. The maximum Gasteiger partial charge on any atom is 0.530 e. The molecular formula is C19H12ClO4PS2. The molecule has 0 bridgehead atoms. The molecule has 0 saturated heterocycles. The topological polar surface area (TPSA) is 52.6 Å². The number of halogens is 1. The Morgan fingerprint density at radius 1 is 0.778 bits per heavy atom. The van der Waals surface area contributed by atoms with E-state index in [1.807, 2.05) is 30.3 Å². The highest BCUT2D eigenvalue weighted by Crippen LogP contribution is 2.54. The van der Waals surface area contributed by atoms with E-state index < -0.39 is 6.95 Å². The normalized spacial score (nSPS) is 13.2. The average Bonchev–Trinajstić information content (AvgIpc) is 3.04. The van der Waals surface area contributed by atoms with E-state index in [4.69, 9.17) is 20.3 Å². The van der Waals surface area contributed by atoms with Gasteiger partial charge in [-0.1, -0.05) is 58.9 Å². The second-order valence-corrected chi connectivity index (χ2v) is 10.2. The summed E-state index contributed by atoms with van der Waals surface area (Å²) >= 11 is 6.05. The minimum atomic E-state index is -3.94. The van der Waals surface area contributed by atoms with Gasteiger partial charge < -0.3 is 9.05 Å². The lowest BCUT2D eigenvalue weighted by Crippen LogP contribution is -1.98. The van der Waals surface area contributed by atoms with Gasteiger partial charge in [-0.3, -0.25) is 4.79 Å². The van der Waals surface area contributed by atoms with Crippen molar-refractivity contribution in [3.05, 3.63) is 82.3 Å². The summed E-state index contributed by atoms with van der Waals surface area (Å²) in [6.07, 6.45) is 0. The minimum absolute atomic E-state index is 0.0185. The van der Waals surface area contributed by atoms with Gasteiger partial charge in [0.15, 0.2) is 0 Å². The molecule has 0 amide bonds. The zero-order chi connectivity index (χ0) is 18.9. The van der Waals surface area contributed by atoms with Crippen LogP contribution in [-0.2, 0) is 4.57 Å². The lowest BCUT2D eigenvalue weighted by atomic mass is 10.0. The molecule has 0 spiro atoms. The van der Waals surface area contributed by atoms with E-state index >= 15 is 0 Å². The first-order valence-electron chi connectivity index (χ1n) is 7.89. The van der Waals surface area contributed by atoms with Crippen molar-refractivity contribution >= 4 is 49.0 Å². The van der Waals surface area contributed by atoms with E-state index in [0.717, 1.165) is 4.70 Å². The van der Waals surface area contributed by atoms with Gasteiger partial charge in [-0.25, -0.2) is 4.57 Å². The molecule has 1 atom stereocenters. The SMILES string of the molecule is O=c1ssc2cccc(-c3ccccc3OP(=O)(Cl)Oc3ccccc3)c12. The maximum absolute atomic E-state index is 12.7. The van der Waals surface area contributed by atoms with Crippen molar-refractivity contribution in [3.8, 4) is 22.6 Å². The highest BCUT2D eigenvalue weighted by molar-refractivity contribution is 7.82. The lowest BCUT2D eigenvalue weighted by Gasteiger charge is -2.16. The molecule has 8 heteroatoms. The predicted octanol–water partition coefficient (Wildman–Crippen LogP) is 6.79. The molecule has 27 heavy (non-hydrogen) atoms. The van der Waals surface area contributed by atoms with Crippen LogP contribution < -0.4 is 13.8 Å². The van der Waals surface area contributed by atoms with E-state index in [-0.39, 0.29) is 10.5 Å². The van der Waals surface area contributed by atoms with Crippen LogP contribution in [0.5, 0.6) is 11.5 Å². The lowest BCUT2D eigenvalue weighted by molar-refractivity contribution is 0.407. The van der Waals surface area contributed by atoms with Crippen molar-refractivity contribution in [1.29, 1.82) is 0 Å². The monoisotopic (exact) mass is 434 g/mol. The molecule has 0 radical (unpaired) electrons. The van der Waals surface area contributed by atoms with Crippen molar-refractivity contribution in [1.82, 2.24) is 0 Å². The molecule has 0 aliphatic rings. The number of hydrogen-bond acceptors (Lipinski definition) is 6. The Balaban J connectivity index is 1.74. The Morgan fingerprint density at radius 3 is 2.30 bits per heavy atom. The quantitative estimate of drug-likeness (QED) is 0.256. The Morgan fingerprint density at radius 2 is 1.48 bits per heavy atom. The molecule has 3 aromatic carbocycles. The van der Waals surface area contributed by atoms with Gasteiger partial charge in [-0.05, 0) is 40.2 Å². The molecule has 0 saturated carbocycles. The predicted molar refractivity (Wildman–Crippen MR) is 113 cm³/mol. The highest BCUT2D eigenvalue weighted by Gasteiger charge is 2.26. The van der Waals surface area contributed by atoms with Crippen LogP contribution in [0.15, 0.2) is 77.6 Å². The molecule has 0 N–H and O–H groups in total. The first kappa shape index (κ1) is 18.3. The standard InChI is InChI=1S/C19H12ClO4PS2/c20-25(22,23-13-7-2-1-3-8-13)24-16-11-5-4-9-14(16)15-10-6-12-17-18(15)19(21)27-26-17/h1-12H. The van der Waals surface area contributed by atoms with Gasteiger partial charge in [-0.2, -0.15) is 0 Å². The van der Waals surface area contributed by atoms with Crippen molar-refractivity contribution in [2.24, 2.45) is 0 Å². The number of fused-ring (bicyclic) bond motifs is 1. The van der Waals surface area contributed by atoms with Crippen LogP contribution in [0.4, 0.5) is 0 Å². The van der Waals surface area contributed by atoms with Crippen molar-refractivity contribution < 1.29 is 13.6 Å². The van der Waals surface area contributed by atoms with Crippen molar-refractivity contribution in [2.75, 3.05) is 0 Å². The van der Waals surface area contributed by atoms with Crippen molar-refractivity contribution in [3.63, 3.8) is 0 Å². The van der Waals surface area contributed by atoms with E-state index in [1.165, 1.54) is 20.7 Å². The fourth-order valence-electron chi connectivity index (χ4n) is 2.67. The Hall–Kier alpha value is -2.11. The molecule has 0 aliphatic carbocycles. The molecule has 0 fully saturated rings. The van der Waals surface area contributed by atoms with Crippen LogP contribution in [0.25, 0.3) is 21.2 Å². The molecular weight excluding hydrogens is 423 g/mol. The van der Waals surface area contributed by atoms with Gasteiger partial charge in [-0.15, -0.1) is 0 Å². The Bertz CT molecular complexity index is 1200. The molecule has 1 aromatic heterocycles. The molecule has 4 nitrogen and oxygen atoms in total. The Labute approximate surface area is 167 Å². The highest BCUT2D eigenvalue weighted by atomic mass is 35.7. The fourth-order valence-corrected chi connectivity index (χ4v) is 6.06. The van der Waals surface area contributed by atoms with Crippen LogP contribution in [0.2, 0.25) is 0 Å². The van der Waals surface area contributed by atoms with Crippen LogP contribution in [-0.4, -0.2) is 0 Å². The number of para-hydroxylation sites is 2. The fraction of sp³-hybridized carbons (Fsp3) is 0. The first-order valence-corrected chi connectivity index (χ1v) is 12.5. The van der Waals surface area contributed by atoms with Crippen LogP contribution in [0.1, 0.15) is 0 Å². The summed E-state index contributed by atoms with van der Waals surface area (Å²) < 4.78 is 24.5. The molecule has 4 aromatic rings. The molecule has 4 rings (SSSR count). The van der Waals surface area contributed by atoms with Gasteiger partial charge in [0.2, 0.25) is 0 Å². The van der Waals surface area contributed by atoms with Crippen LogP contribution >= 0.6 is 38.9 Å². The largest absolute Gasteiger partial charge is 0.530 e. The Kier molecular flexibility index (Phi) is 5.06. The minimum Gasteiger partial charge on any atom is -0.405 e. The summed E-state index contributed by atoms with van der Waals surface area (Å²) in [5.41, 5.74) is 1.34. The zero-order valence-electron chi connectivity index (χ0n) is 13.7.